The molecule has 5 heavy (non-hydrogen) atoms. The molecule has 2 nitrogen and oxygen atoms in total. The first kappa shape index (κ1) is 16.7. The van der Waals surface area contributed by atoms with E-state index in [1.165, 1.54) is 0 Å². The van der Waals surface area contributed by atoms with Crippen LogP contribution in [0.25, 0.3) is 0 Å². The minimum atomic E-state index is -2.00. The topological polar surface area (TPSA) is 34.1 Å². The van der Waals surface area contributed by atoms with Crippen molar-refractivity contribution in [2.45, 2.75) is 7.43 Å². The Kier molecular flexibility index (Phi) is 66.6. The van der Waals surface area contributed by atoms with E-state index in [9.17, 15) is 0 Å². The van der Waals surface area contributed by atoms with Crippen molar-refractivity contribution in [1.29, 1.82) is 0 Å². The molecule has 0 saturated heterocycles. The van der Waals surface area contributed by atoms with Gasteiger partial charge in [-0.05, 0) is 0 Å². The van der Waals surface area contributed by atoms with E-state index in [0.29, 0.717) is 0 Å². The van der Waals surface area contributed by atoms with E-state index in [1.54, 1.807) is 0 Å². The van der Waals surface area contributed by atoms with Gasteiger partial charge < -0.3 is 0 Å². The van der Waals surface area contributed by atoms with Crippen LogP contribution in [0.4, 0.5) is 0 Å². The van der Waals surface area contributed by atoms with Crippen LogP contribution >= 0.6 is 0 Å². The molecule has 0 aromatic rings. The number of rotatable bonds is 0. The molecule has 0 aromatic carbocycles. The molecule has 0 saturated carbocycles. The Labute approximate surface area is 54.2 Å². The van der Waals surface area contributed by atoms with Gasteiger partial charge in [0.25, 0.3) is 0 Å². The van der Waals surface area contributed by atoms with Gasteiger partial charge in [-0.1, -0.05) is 7.43 Å². The van der Waals surface area contributed by atoms with Crippen LogP contribution in [0, 0.1) is 0 Å². The Bertz CT molecular complexity index is 30.6. The molecule has 0 atom stereocenters. The maximum Gasteiger partial charge on any atom is 0 e. The molecule has 0 unspecified atom stereocenters. The van der Waals surface area contributed by atoms with Crippen molar-refractivity contribution in [3.8, 4) is 0 Å². The Balaban J connectivity index is -0.0000000200. The maximum atomic E-state index is 8.50. The zero-order valence-corrected chi connectivity index (χ0v) is 5.47. The van der Waals surface area contributed by atoms with Crippen molar-refractivity contribution in [3.05, 3.63) is 0 Å². The van der Waals surface area contributed by atoms with Gasteiger partial charge in [0.2, 0.25) is 0 Å². The second-order valence-corrected chi connectivity index (χ2v) is 0.344. The predicted octanol–water partition coefficient (Wildman–Crippen LogP) is 0.393. The average molecular weight is 291 g/mol. The van der Waals surface area contributed by atoms with Crippen molar-refractivity contribution in [2.24, 2.45) is 0 Å². The largest absolute Gasteiger partial charge is 0 e. The van der Waals surface area contributed by atoms with E-state index in [2.05, 4.69) is 0 Å². The van der Waals surface area contributed by atoms with Crippen molar-refractivity contribution in [3.63, 3.8) is 0 Å². The third kappa shape index (κ3) is 44.9. The number of hydrogen-bond acceptors (Lipinski definition) is 2. The molecule has 0 fully saturated rings. The molecule has 0 amide bonds. The summed E-state index contributed by atoms with van der Waals surface area (Å²) in [7, 11) is 0. The molecule has 0 aliphatic heterocycles. The van der Waals surface area contributed by atoms with Gasteiger partial charge >= 0.3 is 25.7 Å². The molecule has 0 heterocycles. The van der Waals surface area contributed by atoms with Gasteiger partial charge in [-0.3, -0.25) is 0 Å². The monoisotopic (exact) mass is 291 g/mol. The van der Waals surface area contributed by atoms with Crippen LogP contribution in [0.1, 0.15) is 7.43 Å². The fourth-order valence-electron chi connectivity index (χ4n) is 0. The van der Waals surface area contributed by atoms with Crippen LogP contribution in [-0.4, -0.2) is 0 Å². The smallest absolute Gasteiger partial charge is 0 e. The second kappa shape index (κ2) is 20.0. The molecule has 4 heteroatoms. The van der Waals surface area contributed by atoms with Crippen LogP contribution in [-0.2, 0) is 46.8 Å². The molecular formula is CH4O2PtTi. The van der Waals surface area contributed by atoms with Crippen LogP contribution < -0.4 is 0 Å². The summed E-state index contributed by atoms with van der Waals surface area (Å²) in [5.74, 6) is 0. The summed E-state index contributed by atoms with van der Waals surface area (Å²) in [6, 6.07) is 0. The SMILES string of the molecule is C.[O]=[Ti]=[O].[Pt]. The molecular weight excluding hydrogens is 287 g/mol. The first-order chi connectivity index (χ1) is 1.41. The van der Waals surface area contributed by atoms with E-state index >= 15 is 0 Å². The van der Waals surface area contributed by atoms with Crippen LogP contribution in [0.2, 0.25) is 0 Å². The van der Waals surface area contributed by atoms with E-state index in [1.807, 2.05) is 0 Å². The van der Waals surface area contributed by atoms with Crippen LogP contribution in [0.5, 0.6) is 0 Å². The first-order valence-corrected chi connectivity index (χ1v) is 1.68. The van der Waals surface area contributed by atoms with Crippen LogP contribution in [0.15, 0.2) is 0 Å². The molecule has 0 bridgehead atoms. The molecule has 0 spiro atoms. The Hall–Kier alpha value is 1.00. The van der Waals surface area contributed by atoms with E-state index in [-0.39, 0.29) is 28.5 Å². The third-order valence-electron chi connectivity index (χ3n) is 0. The Morgan fingerprint density at radius 2 is 1.20 bits per heavy atom. The maximum absolute atomic E-state index is 8.50. The minimum absolute atomic E-state index is 0. The zero-order valence-electron chi connectivity index (χ0n) is 1.63. The van der Waals surface area contributed by atoms with Crippen LogP contribution in [0.3, 0.4) is 0 Å². The van der Waals surface area contributed by atoms with Crippen molar-refractivity contribution in [2.75, 3.05) is 0 Å². The summed E-state index contributed by atoms with van der Waals surface area (Å²) in [4.78, 5) is 0. The normalized spacial score (nSPS) is 1.60. The zero-order chi connectivity index (χ0) is 2.71. The fourth-order valence-corrected chi connectivity index (χ4v) is 0. The second-order valence-electron chi connectivity index (χ2n) is 0.0833. The molecule has 0 radical (unpaired) electrons. The molecule has 0 N–H and O–H groups in total. The van der Waals surface area contributed by atoms with E-state index in [4.69, 9.17) is 6.65 Å². The van der Waals surface area contributed by atoms with E-state index in [0.717, 1.165) is 0 Å². The van der Waals surface area contributed by atoms with Gasteiger partial charge in [0.05, 0.1) is 0 Å². The quantitative estimate of drug-likeness (QED) is 0.605. The molecule has 0 aromatic heterocycles. The van der Waals surface area contributed by atoms with Gasteiger partial charge in [0.1, 0.15) is 0 Å². The fraction of sp³-hybridized carbons (Fsp3) is 1.00. The molecule has 34 valence electrons. The van der Waals surface area contributed by atoms with Gasteiger partial charge in [0.15, 0.2) is 0 Å². The standard InChI is InChI=1S/CH4.2O.Pt.Ti/h1H4;;;;. The van der Waals surface area contributed by atoms with Crippen molar-refractivity contribution >= 4 is 0 Å². The van der Waals surface area contributed by atoms with E-state index < -0.39 is 19.1 Å². The summed E-state index contributed by atoms with van der Waals surface area (Å²) >= 11 is -2.00. The summed E-state index contributed by atoms with van der Waals surface area (Å²) < 4.78 is 17.0. The van der Waals surface area contributed by atoms with Gasteiger partial charge in [-0.2, -0.15) is 0 Å². The predicted molar refractivity (Wildman–Crippen MR) is 8.10 cm³/mol. The minimum Gasteiger partial charge on any atom is 0 e. The number of hydrogen-bond donors (Lipinski definition) is 0. The molecule has 0 aliphatic rings. The van der Waals surface area contributed by atoms with Crippen molar-refractivity contribution < 1.29 is 46.8 Å². The third-order valence-corrected chi connectivity index (χ3v) is 0. The first-order valence-electron chi connectivity index (χ1n) is 0.408. The van der Waals surface area contributed by atoms with Gasteiger partial charge in [-0.25, -0.2) is 0 Å². The molecule has 0 rings (SSSR count). The molecule has 0 aliphatic carbocycles. The average Bonchev–Trinajstić information content (AvgIpc) is 0.918. The summed E-state index contributed by atoms with van der Waals surface area (Å²) in [6.45, 7) is 0. The summed E-state index contributed by atoms with van der Waals surface area (Å²) in [5, 5.41) is 0. The van der Waals surface area contributed by atoms with Gasteiger partial charge in [0, 0.05) is 21.1 Å². The summed E-state index contributed by atoms with van der Waals surface area (Å²) in [5.41, 5.74) is 0. The summed E-state index contributed by atoms with van der Waals surface area (Å²) in [6.07, 6.45) is 0. The van der Waals surface area contributed by atoms with Crippen molar-refractivity contribution in [1.82, 2.24) is 0 Å². The Morgan fingerprint density at radius 1 is 1.20 bits per heavy atom. The Morgan fingerprint density at radius 3 is 1.20 bits per heavy atom. The van der Waals surface area contributed by atoms with Gasteiger partial charge in [-0.15, -0.1) is 0 Å².